The van der Waals surface area contributed by atoms with E-state index in [1.165, 1.54) is 0 Å². The van der Waals surface area contributed by atoms with Gasteiger partial charge in [-0.2, -0.15) is 0 Å². The van der Waals surface area contributed by atoms with E-state index in [1.54, 1.807) is 0 Å². The third-order valence-corrected chi connectivity index (χ3v) is 3.07. The van der Waals surface area contributed by atoms with Crippen molar-refractivity contribution in [2.75, 3.05) is 26.4 Å². The topological polar surface area (TPSA) is 64.9 Å². The number of ketones is 1. The monoisotopic (exact) mass is 199 g/mol. The van der Waals surface area contributed by atoms with Crippen LogP contribution < -0.4 is 5.73 Å². The number of hydrogen-bond acceptors (Lipinski definition) is 4. The fourth-order valence-corrected chi connectivity index (χ4v) is 1.79. The van der Waals surface area contributed by atoms with Crippen molar-refractivity contribution >= 4 is 5.78 Å². The van der Waals surface area contributed by atoms with Gasteiger partial charge in [-0.3, -0.25) is 4.79 Å². The van der Waals surface area contributed by atoms with Gasteiger partial charge in [0.25, 0.3) is 0 Å². The maximum absolute atomic E-state index is 11.3. The van der Waals surface area contributed by atoms with E-state index >= 15 is 0 Å². The summed E-state index contributed by atoms with van der Waals surface area (Å²) in [6.45, 7) is 2.82. The molecule has 2 heterocycles. The average molecular weight is 199 g/mol. The molecule has 0 amide bonds. The highest BCUT2D eigenvalue weighted by Gasteiger charge is 2.37. The fraction of sp³-hybridized carbons (Fsp3) is 0.900. The van der Waals surface area contributed by atoms with Crippen LogP contribution in [0.5, 0.6) is 0 Å². The highest BCUT2D eigenvalue weighted by atomic mass is 16.6. The maximum atomic E-state index is 11.3. The van der Waals surface area contributed by atoms with Crippen molar-refractivity contribution in [1.82, 2.24) is 0 Å². The minimum absolute atomic E-state index is 0.0820. The number of Topliss-reactive ketones (excluding diaryl/α,β-unsaturated/α-hetero) is 1. The van der Waals surface area contributed by atoms with Crippen molar-refractivity contribution in [2.24, 2.45) is 11.1 Å². The van der Waals surface area contributed by atoms with E-state index < -0.39 is 0 Å². The summed E-state index contributed by atoms with van der Waals surface area (Å²) in [6, 6.07) is 0. The summed E-state index contributed by atoms with van der Waals surface area (Å²) in [5.74, 6) is 0.248. The zero-order valence-corrected chi connectivity index (χ0v) is 8.33. The standard InChI is InChI=1S/C10H17NO3/c11-5-10(6-13-7-10)3-1-2-8(12)9-4-14-9/h9H,1-7,11H2. The van der Waals surface area contributed by atoms with Crippen molar-refractivity contribution in [3.8, 4) is 0 Å². The van der Waals surface area contributed by atoms with Crippen LogP contribution in [0.4, 0.5) is 0 Å². The third kappa shape index (κ3) is 2.13. The van der Waals surface area contributed by atoms with Gasteiger partial charge in [-0.1, -0.05) is 0 Å². The summed E-state index contributed by atoms with van der Waals surface area (Å²) in [7, 11) is 0. The Morgan fingerprint density at radius 3 is 2.64 bits per heavy atom. The van der Waals surface area contributed by atoms with Gasteiger partial charge in [0, 0.05) is 18.4 Å². The second-order valence-electron chi connectivity index (χ2n) is 4.34. The predicted octanol–water partition coefficient (Wildman–Crippen LogP) is 0.0999. The lowest BCUT2D eigenvalue weighted by Crippen LogP contribution is -2.48. The molecule has 0 bridgehead atoms. The molecule has 0 aromatic carbocycles. The molecule has 1 atom stereocenters. The third-order valence-electron chi connectivity index (χ3n) is 3.07. The molecule has 0 radical (unpaired) electrons. The van der Waals surface area contributed by atoms with Crippen LogP contribution in [0.1, 0.15) is 19.3 Å². The highest BCUT2D eigenvalue weighted by Crippen LogP contribution is 2.32. The normalized spacial score (nSPS) is 28.2. The summed E-state index contributed by atoms with van der Waals surface area (Å²) in [4.78, 5) is 11.3. The molecule has 2 aliphatic rings. The first-order valence-electron chi connectivity index (χ1n) is 5.18. The van der Waals surface area contributed by atoms with E-state index in [1.807, 2.05) is 0 Å². The van der Waals surface area contributed by atoms with Crippen molar-refractivity contribution in [3.05, 3.63) is 0 Å². The highest BCUT2D eigenvalue weighted by molar-refractivity contribution is 5.84. The Morgan fingerprint density at radius 2 is 2.21 bits per heavy atom. The van der Waals surface area contributed by atoms with Gasteiger partial charge in [0.1, 0.15) is 6.10 Å². The molecule has 80 valence electrons. The minimum atomic E-state index is -0.0820. The van der Waals surface area contributed by atoms with Crippen LogP contribution in [0, 0.1) is 5.41 Å². The van der Waals surface area contributed by atoms with E-state index in [0.717, 1.165) is 26.1 Å². The summed E-state index contributed by atoms with van der Waals surface area (Å²) in [5.41, 5.74) is 5.84. The number of carbonyl (C=O) groups excluding carboxylic acids is 1. The molecular weight excluding hydrogens is 182 g/mol. The Bertz CT molecular complexity index is 216. The summed E-state index contributed by atoms with van der Waals surface area (Å²) < 4.78 is 10.1. The number of epoxide rings is 1. The molecule has 0 aromatic rings. The molecule has 2 N–H and O–H groups in total. The van der Waals surface area contributed by atoms with Gasteiger partial charge in [-0.15, -0.1) is 0 Å². The molecule has 4 nitrogen and oxygen atoms in total. The molecule has 0 spiro atoms. The maximum Gasteiger partial charge on any atom is 0.163 e. The number of rotatable bonds is 6. The lowest BCUT2D eigenvalue weighted by Gasteiger charge is -2.40. The first-order chi connectivity index (χ1) is 6.76. The van der Waals surface area contributed by atoms with Crippen LogP contribution >= 0.6 is 0 Å². The van der Waals surface area contributed by atoms with Gasteiger partial charge in [0.15, 0.2) is 5.78 Å². The Kier molecular flexibility index (Phi) is 2.85. The molecule has 2 aliphatic heterocycles. The number of carbonyl (C=O) groups is 1. The van der Waals surface area contributed by atoms with Gasteiger partial charge >= 0.3 is 0 Å². The van der Waals surface area contributed by atoms with E-state index in [9.17, 15) is 4.79 Å². The zero-order chi connectivity index (χ0) is 10.0. The van der Waals surface area contributed by atoms with Crippen LogP contribution in [0.2, 0.25) is 0 Å². The lowest BCUT2D eigenvalue weighted by atomic mass is 9.81. The Labute approximate surface area is 83.7 Å². The van der Waals surface area contributed by atoms with Crippen LogP contribution in [-0.2, 0) is 14.3 Å². The Balaban J connectivity index is 1.63. The smallest absolute Gasteiger partial charge is 0.163 e. The lowest BCUT2D eigenvalue weighted by molar-refractivity contribution is -0.123. The van der Waals surface area contributed by atoms with Crippen LogP contribution in [0.25, 0.3) is 0 Å². The fourth-order valence-electron chi connectivity index (χ4n) is 1.79. The second-order valence-corrected chi connectivity index (χ2v) is 4.34. The number of nitrogens with two attached hydrogens (primary N) is 1. The molecular formula is C10H17NO3. The van der Waals surface area contributed by atoms with E-state index in [-0.39, 0.29) is 17.3 Å². The van der Waals surface area contributed by atoms with Crippen molar-refractivity contribution in [3.63, 3.8) is 0 Å². The van der Waals surface area contributed by atoms with Crippen LogP contribution in [0.15, 0.2) is 0 Å². The van der Waals surface area contributed by atoms with Gasteiger partial charge < -0.3 is 15.2 Å². The van der Waals surface area contributed by atoms with Gasteiger partial charge in [-0.05, 0) is 12.8 Å². The van der Waals surface area contributed by atoms with Crippen LogP contribution in [-0.4, -0.2) is 38.3 Å². The molecule has 4 heteroatoms. The van der Waals surface area contributed by atoms with Gasteiger partial charge in [0.05, 0.1) is 19.8 Å². The SMILES string of the molecule is NCC1(CCCC(=O)C2CO2)COC1. The van der Waals surface area contributed by atoms with E-state index in [4.69, 9.17) is 15.2 Å². The summed E-state index contributed by atoms with van der Waals surface area (Å²) in [5, 5.41) is 0. The molecule has 0 saturated carbocycles. The van der Waals surface area contributed by atoms with E-state index in [0.29, 0.717) is 19.6 Å². The van der Waals surface area contributed by atoms with Crippen molar-refractivity contribution in [1.29, 1.82) is 0 Å². The number of ether oxygens (including phenoxy) is 2. The first-order valence-corrected chi connectivity index (χ1v) is 5.18. The van der Waals surface area contributed by atoms with E-state index in [2.05, 4.69) is 0 Å². The summed E-state index contributed by atoms with van der Waals surface area (Å²) in [6.07, 6.45) is 2.47. The molecule has 1 unspecified atom stereocenters. The Morgan fingerprint density at radius 1 is 1.50 bits per heavy atom. The second kappa shape index (κ2) is 3.96. The molecule has 0 aliphatic carbocycles. The number of hydrogen-bond donors (Lipinski definition) is 1. The largest absolute Gasteiger partial charge is 0.380 e. The van der Waals surface area contributed by atoms with Gasteiger partial charge in [-0.25, -0.2) is 0 Å². The van der Waals surface area contributed by atoms with Crippen LogP contribution in [0.3, 0.4) is 0 Å². The predicted molar refractivity (Wildman–Crippen MR) is 50.9 cm³/mol. The van der Waals surface area contributed by atoms with Crippen molar-refractivity contribution in [2.45, 2.75) is 25.4 Å². The summed E-state index contributed by atoms with van der Waals surface area (Å²) >= 11 is 0. The Hall–Kier alpha value is -0.450. The van der Waals surface area contributed by atoms with Crippen molar-refractivity contribution < 1.29 is 14.3 Å². The molecule has 14 heavy (non-hydrogen) atoms. The first kappa shape index (κ1) is 10.1. The van der Waals surface area contributed by atoms with Gasteiger partial charge in [0.2, 0.25) is 0 Å². The quantitative estimate of drug-likeness (QED) is 0.616. The minimum Gasteiger partial charge on any atom is -0.380 e. The molecule has 2 saturated heterocycles. The zero-order valence-electron chi connectivity index (χ0n) is 8.33. The average Bonchev–Trinajstić information content (AvgIpc) is 2.92. The molecule has 2 fully saturated rings. The molecule has 2 rings (SSSR count). The molecule has 0 aromatic heterocycles.